The van der Waals surface area contributed by atoms with Crippen LogP contribution in [0.3, 0.4) is 0 Å². The van der Waals surface area contributed by atoms with E-state index in [4.69, 9.17) is 0 Å². The van der Waals surface area contributed by atoms with E-state index < -0.39 is 0 Å². The van der Waals surface area contributed by atoms with E-state index in [1.807, 2.05) is 93.5 Å². The normalized spacial score (nSPS) is 10.8. The van der Waals surface area contributed by atoms with Crippen molar-refractivity contribution in [3.8, 4) is 23.0 Å². The third-order valence-corrected chi connectivity index (χ3v) is 10.8. The first-order valence-corrected chi connectivity index (χ1v) is 14.8. The lowest BCUT2D eigenvalue weighted by Gasteiger charge is -2.18. The molecule has 0 radical (unpaired) electrons. The van der Waals surface area contributed by atoms with Gasteiger partial charge in [-0.05, 0) is 161 Å². The minimum Gasteiger partial charge on any atom is -0.508 e. The van der Waals surface area contributed by atoms with Crippen molar-refractivity contribution in [3.05, 3.63) is 92.0 Å². The van der Waals surface area contributed by atoms with E-state index in [9.17, 15) is 20.4 Å². The maximum atomic E-state index is 9.92. The lowest BCUT2D eigenvalue weighted by Crippen LogP contribution is -1.94. The number of benzene rings is 4. The quantitative estimate of drug-likeness (QED) is 0.194. The van der Waals surface area contributed by atoms with Crippen LogP contribution in [0.2, 0.25) is 0 Å². The number of hydrogen-bond donors (Lipinski definition) is 4. The highest BCUT2D eigenvalue weighted by atomic mass is 32.2. The molecule has 0 aromatic heterocycles. The fourth-order valence-corrected chi connectivity index (χ4v) is 6.77. The van der Waals surface area contributed by atoms with Gasteiger partial charge in [0.25, 0.3) is 0 Å². The summed E-state index contributed by atoms with van der Waals surface area (Å²) in [7, 11) is 0. The first kappa shape index (κ1) is 31.3. The minimum atomic E-state index is 0.334. The van der Waals surface area contributed by atoms with E-state index in [1.54, 1.807) is 35.7 Å². The molecule has 4 aromatic rings. The van der Waals surface area contributed by atoms with Crippen LogP contribution in [0.1, 0.15) is 55.6 Å². The summed E-state index contributed by atoms with van der Waals surface area (Å²) in [5, 5.41) is 39.2. The summed E-state index contributed by atoms with van der Waals surface area (Å²) < 4.78 is 0. The predicted octanol–water partition coefficient (Wildman–Crippen LogP) is 9.58. The Morgan fingerprint density at radius 2 is 0.700 bits per heavy atom. The first-order valence-electron chi connectivity index (χ1n) is 13.2. The molecule has 0 heterocycles. The number of aromatic hydroxyl groups is 4. The summed E-state index contributed by atoms with van der Waals surface area (Å²) in [6, 6.07) is 11.0. The molecule has 0 amide bonds. The van der Waals surface area contributed by atoms with Crippen molar-refractivity contribution in [2.45, 2.75) is 88.8 Å². The Hall–Kier alpha value is -3.22. The van der Waals surface area contributed by atoms with Gasteiger partial charge in [-0.1, -0.05) is 23.5 Å². The molecule has 0 atom stereocenters. The highest BCUT2D eigenvalue weighted by molar-refractivity contribution is 7.99. The monoisotopic (exact) mass is 576 g/mol. The maximum absolute atomic E-state index is 9.92. The van der Waals surface area contributed by atoms with Crippen molar-refractivity contribution >= 4 is 23.5 Å². The van der Waals surface area contributed by atoms with E-state index in [1.165, 1.54) is 9.79 Å². The Morgan fingerprint density at radius 1 is 0.375 bits per heavy atom. The summed E-state index contributed by atoms with van der Waals surface area (Å²) in [5.74, 6) is 1.37. The van der Waals surface area contributed by atoms with Gasteiger partial charge in [-0.15, -0.1) is 0 Å². The number of hydrogen-bond acceptors (Lipinski definition) is 6. The smallest absolute Gasteiger partial charge is 0.119 e. The molecule has 0 saturated carbocycles. The Labute approximate surface area is 247 Å². The van der Waals surface area contributed by atoms with Gasteiger partial charge in [0.1, 0.15) is 23.0 Å². The van der Waals surface area contributed by atoms with E-state index in [0.717, 1.165) is 65.4 Å². The third kappa shape index (κ3) is 6.39. The molecule has 0 spiro atoms. The van der Waals surface area contributed by atoms with E-state index in [-0.39, 0.29) is 0 Å². The molecule has 212 valence electrons. The number of phenolic OH excluding ortho intramolecular Hbond substituents is 4. The van der Waals surface area contributed by atoms with Gasteiger partial charge in [0, 0.05) is 19.6 Å². The van der Waals surface area contributed by atoms with Gasteiger partial charge in [-0.25, -0.2) is 0 Å². The lowest BCUT2D eigenvalue weighted by atomic mass is 10.1. The largest absolute Gasteiger partial charge is 0.508 e. The highest BCUT2D eigenvalue weighted by Gasteiger charge is 2.16. The van der Waals surface area contributed by atoms with Gasteiger partial charge in [-0.3, -0.25) is 0 Å². The minimum absolute atomic E-state index is 0.334. The van der Waals surface area contributed by atoms with E-state index in [2.05, 4.69) is 0 Å². The molecule has 0 aliphatic rings. The Balaban J connectivity index is 0.000000222. The van der Waals surface area contributed by atoms with Gasteiger partial charge in [0.15, 0.2) is 0 Å². The van der Waals surface area contributed by atoms with Gasteiger partial charge in [-0.2, -0.15) is 0 Å². The van der Waals surface area contributed by atoms with Gasteiger partial charge in [0.05, 0.1) is 0 Å². The number of aryl methyl sites for hydroxylation is 2. The molecule has 40 heavy (non-hydrogen) atoms. The van der Waals surface area contributed by atoms with Crippen LogP contribution in [0.5, 0.6) is 23.0 Å². The summed E-state index contributed by atoms with van der Waals surface area (Å²) >= 11 is 3.38. The molecule has 4 nitrogen and oxygen atoms in total. The zero-order chi connectivity index (χ0) is 30.0. The van der Waals surface area contributed by atoms with Crippen molar-refractivity contribution < 1.29 is 20.4 Å². The second-order valence-electron chi connectivity index (χ2n) is 10.5. The van der Waals surface area contributed by atoms with Gasteiger partial charge >= 0.3 is 0 Å². The van der Waals surface area contributed by atoms with Crippen molar-refractivity contribution in [2.75, 3.05) is 0 Å². The molecule has 0 saturated heterocycles. The predicted molar refractivity (Wildman–Crippen MR) is 168 cm³/mol. The second-order valence-corrected chi connectivity index (χ2v) is 12.6. The van der Waals surface area contributed by atoms with Crippen LogP contribution in [0, 0.1) is 69.2 Å². The average molecular weight is 577 g/mol. The van der Waals surface area contributed by atoms with Crippen LogP contribution >= 0.6 is 23.5 Å². The molecule has 0 fully saturated rings. The molecule has 0 unspecified atom stereocenters. The van der Waals surface area contributed by atoms with Crippen LogP contribution in [0.15, 0.2) is 56.0 Å². The summed E-state index contributed by atoms with van der Waals surface area (Å²) in [5.41, 5.74) is 10.2. The molecule has 6 heteroatoms. The molecular formula is C34H40O4S2. The van der Waals surface area contributed by atoms with Crippen LogP contribution in [-0.2, 0) is 0 Å². The SMILES string of the molecule is Cc1c(O)ccc(Sc2ccc(O)c(C)c2C)c1C.Cc1cc(O)c(C)c(C)c1Sc1c(C)cc(O)c(C)c1C. The molecular weight excluding hydrogens is 537 g/mol. The topological polar surface area (TPSA) is 80.9 Å². The van der Waals surface area contributed by atoms with Gasteiger partial charge < -0.3 is 20.4 Å². The molecule has 4 rings (SSSR count). The Kier molecular flexibility index (Phi) is 9.81. The standard InChI is InChI=1S/C18H22O2S.C16H18O2S/c1-9-7-15(19)11(3)13(5)17(9)21-18-10(2)8-16(20)12(4)14(18)6;1-9-11(3)15(7-5-13(9)17)19-16-8-6-14(18)10(2)12(16)4/h7-8,19-20H,1-6H3;5-8,17-18H,1-4H3. The van der Waals surface area contributed by atoms with Crippen LogP contribution < -0.4 is 0 Å². The fraction of sp³-hybridized carbons (Fsp3) is 0.294. The second kappa shape index (κ2) is 12.5. The Morgan fingerprint density at radius 3 is 1.05 bits per heavy atom. The van der Waals surface area contributed by atoms with E-state index in [0.29, 0.717) is 23.0 Å². The molecule has 0 bridgehead atoms. The van der Waals surface area contributed by atoms with Gasteiger partial charge in [0.2, 0.25) is 0 Å². The first-order chi connectivity index (χ1) is 18.6. The van der Waals surface area contributed by atoms with Crippen LogP contribution in [0.4, 0.5) is 0 Å². The lowest BCUT2D eigenvalue weighted by molar-refractivity contribution is 0.469. The fourth-order valence-electron chi connectivity index (χ4n) is 4.39. The van der Waals surface area contributed by atoms with Crippen LogP contribution in [-0.4, -0.2) is 20.4 Å². The van der Waals surface area contributed by atoms with Crippen LogP contribution in [0.25, 0.3) is 0 Å². The zero-order valence-electron chi connectivity index (χ0n) is 25.1. The molecule has 4 N–H and O–H groups in total. The average Bonchev–Trinajstić information content (AvgIpc) is 2.91. The summed E-state index contributed by atoms with van der Waals surface area (Å²) in [6.45, 7) is 19.9. The van der Waals surface area contributed by atoms with Crippen molar-refractivity contribution in [3.63, 3.8) is 0 Å². The number of rotatable bonds is 4. The van der Waals surface area contributed by atoms with E-state index >= 15 is 0 Å². The molecule has 0 aliphatic carbocycles. The molecule has 4 aromatic carbocycles. The molecule has 0 aliphatic heterocycles. The highest BCUT2D eigenvalue weighted by Crippen LogP contribution is 2.42. The third-order valence-electron chi connectivity index (χ3n) is 7.84. The Bertz CT molecular complexity index is 1470. The summed E-state index contributed by atoms with van der Waals surface area (Å²) in [4.78, 5) is 4.62. The number of phenols is 4. The zero-order valence-corrected chi connectivity index (χ0v) is 26.7. The van der Waals surface area contributed by atoms with Crippen molar-refractivity contribution in [1.29, 1.82) is 0 Å². The maximum Gasteiger partial charge on any atom is 0.119 e. The summed E-state index contributed by atoms with van der Waals surface area (Å²) in [6.07, 6.45) is 0. The van der Waals surface area contributed by atoms with Crippen molar-refractivity contribution in [2.24, 2.45) is 0 Å². The van der Waals surface area contributed by atoms with Crippen molar-refractivity contribution in [1.82, 2.24) is 0 Å².